The summed E-state index contributed by atoms with van der Waals surface area (Å²) in [5.41, 5.74) is 0. The van der Waals surface area contributed by atoms with Crippen molar-refractivity contribution in [3.63, 3.8) is 0 Å². The lowest BCUT2D eigenvalue weighted by atomic mass is 9.89. The molecule has 0 aliphatic carbocycles. The van der Waals surface area contributed by atoms with Crippen LogP contribution < -0.4 is 0 Å². The Kier molecular flexibility index (Phi) is 2.81. The number of amides is 1. The topological polar surface area (TPSA) is 66.8 Å². The highest BCUT2D eigenvalue weighted by Crippen LogP contribution is 2.43. The van der Waals surface area contributed by atoms with Gasteiger partial charge in [0.15, 0.2) is 0 Å². The van der Waals surface area contributed by atoms with Crippen LogP contribution in [0.2, 0.25) is 0 Å². The molecular weight excluding hydrogens is 234 g/mol. The molecule has 0 aromatic carbocycles. The third kappa shape index (κ3) is 1.64. The highest BCUT2D eigenvalue weighted by atomic mass is 16.5. The molecule has 0 saturated carbocycles. The summed E-state index contributed by atoms with van der Waals surface area (Å²) in [6, 6.07) is 0.0733. The van der Waals surface area contributed by atoms with Gasteiger partial charge in [-0.05, 0) is 32.6 Å². The van der Waals surface area contributed by atoms with Crippen LogP contribution >= 0.6 is 0 Å². The smallest absolute Gasteiger partial charge is 0.308 e. The summed E-state index contributed by atoms with van der Waals surface area (Å²) < 4.78 is 5.45. The fraction of sp³-hybridized carbons (Fsp3) is 0.846. The Balaban J connectivity index is 1.77. The number of ether oxygens (including phenoxy) is 1. The molecule has 5 unspecified atom stereocenters. The Morgan fingerprint density at radius 2 is 2.00 bits per heavy atom. The van der Waals surface area contributed by atoms with Crippen molar-refractivity contribution < 1.29 is 19.4 Å². The summed E-state index contributed by atoms with van der Waals surface area (Å²) in [5, 5.41) is 9.19. The molecule has 1 N–H and O–H groups in total. The molecule has 3 rings (SSSR count). The van der Waals surface area contributed by atoms with E-state index in [1.807, 2.05) is 11.8 Å². The number of carbonyl (C=O) groups is 2. The highest BCUT2D eigenvalue weighted by Gasteiger charge is 2.53. The van der Waals surface area contributed by atoms with E-state index in [1.165, 1.54) is 0 Å². The summed E-state index contributed by atoms with van der Waals surface area (Å²) in [4.78, 5) is 25.6. The van der Waals surface area contributed by atoms with E-state index >= 15 is 0 Å². The lowest BCUT2D eigenvalue weighted by Gasteiger charge is -2.27. The van der Waals surface area contributed by atoms with Gasteiger partial charge >= 0.3 is 5.97 Å². The molecule has 0 aromatic heterocycles. The molecular formula is C13H19NO4. The van der Waals surface area contributed by atoms with E-state index in [9.17, 15) is 14.7 Å². The zero-order valence-corrected chi connectivity index (χ0v) is 10.5. The lowest BCUT2D eigenvalue weighted by molar-refractivity contribution is -0.144. The lowest BCUT2D eigenvalue weighted by Crippen LogP contribution is -2.43. The van der Waals surface area contributed by atoms with Gasteiger partial charge in [-0.25, -0.2) is 0 Å². The van der Waals surface area contributed by atoms with Crippen LogP contribution in [0.25, 0.3) is 0 Å². The molecule has 3 aliphatic heterocycles. The van der Waals surface area contributed by atoms with E-state index < -0.39 is 5.97 Å². The number of carboxylic acids is 1. The third-order valence-corrected chi connectivity index (χ3v) is 4.80. The van der Waals surface area contributed by atoms with Crippen molar-refractivity contribution in [2.75, 3.05) is 6.61 Å². The van der Waals surface area contributed by atoms with E-state index in [2.05, 4.69) is 0 Å². The zero-order valence-electron chi connectivity index (χ0n) is 10.5. The average Bonchev–Trinajstić information content (AvgIpc) is 3.01. The van der Waals surface area contributed by atoms with Crippen LogP contribution in [-0.4, -0.2) is 46.7 Å². The van der Waals surface area contributed by atoms with Gasteiger partial charge in [0.2, 0.25) is 5.91 Å². The van der Waals surface area contributed by atoms with E-state index in [1.54, 1.807) is 0 Å². The molecule has 3 fully saturated rings. The van der Waals surface area contributed by atoms with E-state index in [-0.39, 0.29) is 35.9 Å². The van der Waals surface area contributed by atoms with E-state index in [4.69, 9.17) is 4.74 Å². The largest absolute Gasteiger partial charge is 0.481 e. The van der Waals surface area contributed by atoms with Gasteiger partial charge in [-0.3, -0.25) is 9.59 Å². The van der Waals surface area contributed by atoms with Gasteiger partial charge in [0.25, 0.3) is 0 Å². The fourth-order valence-electron chi connectivity index (χ4n) is 3.85. The van der Waals surface area contributed by atoms with Crippen molar-refractivity contribution >= 4 is 11.9 Å². The second kappa shape index (κ2) is 4.23. The van der Waals surface area contributed by atoms with Crippen LogP contribution in [0.3, 0.4) is 0 Å². The number of rotatable bonds is 2. The van der Waals surface area contributed by atoms with Gasteiger partial charge in [-0.15, -0.1) is 0 Å². The van der Waals surface area contributed by atoms with Crippen LogP contribution in [0.4, 0.5) is 0 Å². The molecule has 3 saturated heterocycles. The Bertz CT molecular complexity index is 383. The average molecular weight is 253 g/mol. The van der Waals surface area contributed by atoms with Crippen molar-refractivity contribution in [2.45, 2.75) is 50.8 Å². The molecule has 1 amide bonds. The van der Waals surface area contributed by atoms with Gasteiger partial charge in [0.05, 0.1) is 17.9 Å². The SMILES string of the molecule is CC1OCCC1C(=O)N1C2CCC1C(C(=O)O)C2. The summed E-state index contributed by atoms with van der Waals surface area (Å²) in [6.45, 7) is 2.57. The number of carbonyl (C=O) groups excluding carboxylic acids is 1. The minimum atomic E-state index is -0.754. The van der Waals surface area contributed by atoms with Crippen molar-refractivity contribution in [1.29, 1.82) is 0 Å². The molecule has 3 aliphatic rings. The molecule has 3 heterocycles. The van der Waals surface area contributed by atoms with Crippen molar-refractivity contribution in [3.8, 4) is 0 Å². The molecule has 18 heavy (non-hydrogen) atoms. The summed E-state index contributed by atoms with van der Waals surface area (Å²) in [5.74, 6) is -1.06. The van der Waals surface area contributed by atoms with Crippen LogP contribution in [0.5, 0.6) is 0 Å². The maximum absolute atomic E-state index is 12.5. The van der Waals surface area contributed by atoms with Gasteiger partial charge in [0, 0.05) is 18.7 Å². The Hall–Kier alpha value is -1.10. The van der Waals surface area contributed by atoms with E-state index in [0.29, 0.717) is 13.0 Å². The van der Waals surface area contributed by atoms with Crippen molar-refractivity contribution in [3.05, 3.63) is 0 Å². The normalized spacial score (nSPS) is 42.5. The van der Waals surface area contributed by atoms with Crippen LogP contribution in [0, 0.1) is 11.8 Å². The summed E-state index contributed by atoms with van der Waals surface area (Å²) >= 11 is 0. The maximum Gasteiger partial charge on any atom is 0.308 e. The van der Waals surface area contributed by atoms with Crippen LogP contribution in [0.1, 0.15) is 32.6 Å². The number of fused-ring (bicyclic) bond motifs is 2. The van der Waals surface area contributed by atoms with Gasteiger partial charge in [-0.1, -0.05) is 0 Å². The first-order valence-corrected chi connectivity index (χ1v) is 6.76. The van der Waals surface area contributed by atoms with Gasteiger partial charge in [0.1, 0.15) is 0 Å². The number of hydrogen-bond acceptors (Lipinski definition) is 3. The number of aliphatic carboxylic acids is 1. The first-order chi connectivity index (χ1) is 8.59. The molecule has 2 bridgehead atoms. The number of carboxylic acid groups (broad SMARTS) is 1. The standard InChI is InChI=1S/C13H19NO4/c1-7-9(4-5-18-7)12(15)14-8-2-3-11(14)10(6-8)13(16)17/h7-11H,2-6H2,1H3,(H,16,17). The minimum absolute atomic E-state index is 0.0271. The highest BCUT2D eigenvalue weighted by molar-refractivity contribution is 5.83. The molecule has 5 nitrogen and oxygen atoms in total. The van der Waals surface area contributed by atoms with Crippen LogP contribution in [0.15, 0.2) is 0 Å². The van der Waals surface area contributed by atoms with Gasteiger partial charge in [-0.2, -0.15) is 0 Å². The predicted molar refractivity (Wildman–Crippen MR) is 62.9 cm³/mol. The fourth-order valence-corrected chi connectivity index (χ4v) is 3.85. The Morgan fingerprint density at radius 1 is 1.22 bits per heavy atom. The van der Waals surface area contributed by atoms with Crippen molar-refractivity contribution in [2.24, 2.45) is 11.8 Å². The molecule has 0 radical (unpaired) electrons. The molecule has 100 valence electrons. The molecule has 0 spiro atoms. The molecule has 5 heteroatoms. The first-order valence-electron chi connectivity index (χ1n) is 6.76. The number of hydrogen-bond donors (Lipinski definition) is 1. The monoisotopic (exact) mass is 253 g/mol. The third-order valence-electron chi connectivity index (χ3n) is 4.80. The van der Waals surface area contributed by atoms with E-state index in [0.717, 1.165) is 19.3 Å². The quantitative estimate of drug-likeness (QED) is 0.793. The minimum Gasteiger partial charge on any atom is -0.481 e. The maximum atomic E-state index is 12.5. The first kappa shape index (κ1) is 12.0. The second-order valence-corrected chi connectivity index (χ2v) is 5.70. The zero-order chi connectivity index (χ0) is 12.9. The summed E-state index contributed by atoms with van der Waals surface area (Å²) in [6.07, 6.45) is 3.18. The molecule has 5 atom stereocenters. The predicted octanol–water partition coefficient (Wildman–Crippen LogP) is 0.875. The second-order valence-electron chi connectivity index (χ2n) is 5.70. The molecule has 0 aromatic rings. The number of nitrogens with zero attached hydrogens (tertiary/aromatic N) is 1. The summed E-state index contributed by atoms with van der Waals surface area (Å²) in [7, 11) is 0. The Morgan fingerprint density at radius 3 is 2.56 bits per heavy atom. The Labute approximate surface area is 106 Å². The van der Waals surface area contributed by atoms with Crippen LogP contribution in [-0.2, 0) is 14.3 Å². The van der Waals surface area contributed by atoms with Gasteiger partial charge < -0.3 is 14.7 Å². The van der Waals surface area contributed by atoms with Crippen molar-refractivity contribution in [1.82, 2.24) is 4.90 Å².